The van der Waals surface area contributed by atoms with Gasteiger partial charge in [0.25, 0.3) is 0 Å². The normalized spacial score (nSPS) is 16.9. The maximum absolute atomic E-state index is 10.5. The summed E-state index contributed by atoms with van der Waals surface area (Å²) >= 11 is 3.47. The van der Waals surface area contributed by atoms with E-state index in [1.807, 2.05) is 12.1 Å². The monoisotopic (exact) mass is 299 g/mol. The van der Waals surface area contributed by atoms with Gasteiger partial charge in [0, 0.05) is 25.3 Å². The molecule has 1 aliphatic heterocycles. The molecule has 1 aromatic rings. The van der Waals surface area contributed by atoms with Gasteiger partial charge in [-0.1, -0.05) is 0 Å². The molecule has 2 rings (SSSR count). The number of anilines is 1. The Morgan fingerprint density at radius 1 is 1.53 bits per heavy atom. The topological polar surface area (TPSA) is 65.5 Å². The van der Waals surface area contributed by atoms with Crippen molar-refractivity contribution >= 4 is 27.8 Å². The average molecular weight is 300 g/mol. The molecule has 1 aliphatic rings. The summed E-state index contributed by atoms with van der Waals surface area (Å²) in [6.07, 6.45) is 2.45. The van der Waals surface area contributed by atoms with Gasteiger partial charge in [0.05, 0.1) is 4.47 Å². The molecule has 6 heteroatoms. The summed E-state index contributed by atoms with van der Waals surface area (Å²) in [5.74, 6) is 0.932. The summed E-state index contributed by atoms with van der Waals surface area (Å²) < 4.78 is 0.977. The lowest BCUT2D eigenvalue weighted by Gasteiger charge is -2.33. The number of hydrogen-bond acceptors (Lipinski definition) is 3. The summed E-state index contributed by atoms with van der Waals surface area (Å²) in [5, 5.41) is 11.2. The number of carboxylic acid groups (broad SMARTS) is 1. The molecule has 0 spiro atoms. The van der Waals surface area contributed by atoms with E-state index in [9.17, 15) is 4.79 Å². The van der Waals surface area contributed by atoms with E-state index < -0.39 is 6.09 Å². The molecule has 2 N–H and O–H groups in total. The Labute approximate surface area is 108 Å². The van der Waals surface area contributed by atoms with Crippen molar-refractivity contribution in [2.75, 3.05) is 18.0 Å². The van der Waals surface area contributed by atoms with E-state index in [0.717, 1.165) is 36.2 Å². The number of hydrogen-bond donors (Lipinski definition) is 2. The molecular weight excluding hydrogens is 286 g/mol. The van der Waals surface area contributed by atoms with Crippen LogP contribution >= 0.6 is 15.9 Å². The van der Waals surface area contributed by atoms with E-state index in [-0.39, 0.29) is 6.04 Å². The highest BCUT2D eigenvalue weighted by Gasteiger charge is 2.22. The largest absolute Gasteiger partial charge is 0.465 e. The van der Waals surface area contributed by atoms with Crippen LogP contribution in [-0.4, -0.2) is 35.3 Å². The van der Waals surface area contributed by atoms with Gasteiger partial charge in [-0.25, -0.2) is 9.78 Å². The number of carbonyl (C=O) groups is 1. The van der Waals surface area contributed by atoms with Crippen LogP contribution in [0, 0.1) is 0 Å². The van der Waals surface area contributed by atoms with Crippen molar-refractivity contribution < 1.29 is 9.90 Å². The van der Waals surface area contributed by atoms with Crippen LogP contribution in [0.5, 0.6) is 0 Å². The number of aromatic nitrogens is 1. The fourth-order valence-electron chi connectivity index (χ4n) is 2.02. The summed E-state index contributed by atoms with van der Waals surface area (Å²) in [6, 6.07) is 3.90. The molecule has 0 unspecified atom stereocenters. The Bertz CT molecular complexity index is 405. The van der Waals surface area contributed by atoms with E-state index in [0.29, 0.717) is 0 Å². The molecule has 2 heterocycles. The molecule has 1 fully saturated rings. The zero-order valence-corrected chi connectivity index (χ0v) is 10.9. The maximum atomic E-state index is 10.5. The highest BCUT2D eigenvalue weighted by molar-refractivity contribution is 9.10. The van der Waals surface area contributed by atoms with Gasteiger partial charge < -0.3 is 15.3 Å². The lowest BCUT2D eigenvalue weighted by atomic mass is 10.1. The number of nitrogens with zero attached hydrogens (tertiary/aromatic N) is 2. The first-order valence-corrected chi connectivity index (χ1v) is 6.31. The smallest absolute Gasteiger partial charge is 0.404 e. The van der Waals surface area contributed by atoms with Crippen LogP contribution in [0.15, 0.2) is 22.8 Å². The molecule has 0 atom stereocenters. The Balaban J connectivity index is 1.95. The lowest BCUT2D eigenvalue weighted by Crippen LogP contribution is -2.44. The minimum atomic E-state index is -0.942. The van der Waals surface area contributed by atoms with Crippen LogP contribution in [-0.2, 0) is 0 Å². The fourth-order valence-corrected chi connectivity index (χ4v) is 2.53. The number of pyridine rings is 1. The van der Waals surface area contributed by atoms with Gasteiger partial charge in [0.2, 0.25) is 0 Å². The number of nitrogens with one attached hydrogen (secondary N) is 1. The van der Waals surface area contributed by atoms with Gasteiger partial charge in [0.1, 0.15) is 5.82 Å². The third-order valence-electron chi connectivity index (χ3n) is 2.86. The second-order valence-electron chi connectivity index (χ2n) is 4.02. The number of halogens is 1. The molecule has 5 nitrogen and oxygen atoms in total. The van der Waals surface area contributed by atoms with Gasteiger partial charge in [-0.05, 0) is 40.9 Å². The molecule has 17 heavy (non-hydrogen) atoms. The van der Waals surface area contributed by atoms with Gasteiger partial charge in [0.15, 0.2) is 0 Å². The number of piperidine rings is 1. The standard InChI is InChI=1S/C11H14BrN3O2/c12-9-2-1-5-13-10(9)15-6-3-8(4-7-15)14-11(16)17/h1-2,5,8,14H,3-4,6-7H2,(H,16,17). The Kier molecular flexibility index (Phi) is 3.83. The first-order chi connectivity index (χ1) is 8.16. The molecule has 1 saturated heterocycles. The van der Waals surface area contributed by atoms with E-state index in [4.69, 9.17) is 5.11 Å². The van der Waals surface area contributed by atoms with Crippen LogP contribution < -0.4 is 10.2 Å². The van der Waals surface area contributed by atoms with Crippen molar-refractivity contribution in [3.8, 4) is 0 Å². The zero-order chi connectivity index (χ0) is 12.3. The molecular formula is C11H14BrN3O2. The third-order valence-corrected chi connectivity index (χ3v) is 3.48. The second kappa shape index (κ2) is 5.35. The number of rotatable bonds is 2. The summed E-state index contributed by atoms with van der Waals surface area (Å²) in [7, 11) is 0. The van der Waals surface area contributed by atoms with Crippen molar-refractivity contribution in [2.24, 2.45) is 0 Å². The first kappa shape index (κ1) is 12.2. The SMILES string of the molecule is O=C(O)NC1CCN(c2ncccc2Br)CC1. The molecule has 92 valence electrons. The summed E-state index contributed by atoms with van der Waals surface area (Å²) in [4.78, 5) is 17.0. The Morgan fingerprint density at radius 3 is 2.82 bits per heavy atom. The first-order valence-electron chi connectivity index (χ1n) is 5.52. The zero-order valence-electron chi connectivity index (χ0n) is 9.27. The van der Waals surface area contributed by atoms with Gasteiger partial charge in [-0.2, -0.15) is 0 Å². The van der Waals surface area contributed by atoms with Crippen molar-refractivity contribution in [3.63, 3.8) is 0 Å². The van der Waals surface area contributed by atoms with Crippen LogP contribution in [0.3, 0.4) is 0 Å². The summed E-state index contributed by atoms with van der Waals surface area (Å²) in [6.45, 7) is 1.64. The van der Waals surface area contributed by atoms with Gasteiger partial charge in [-0.15, -0.1) is 0 Å². The Hall–Kier alpha value is -1.30. The van der Waals surface area contributed by atoms with Crippen molar-refractivity contribution in [1.29, 1.82) is 0 Å². The van der Waals surface area contributed by atoms with E-state index in [1.54, 1.807) is 6.20 Å². The molecule has 1 amide bonds. The Morgan fingerprint density at radius 2 is 2.24 bits per heavy atom. The van der Waals surface area contributed by atoms with Crippen LogP contribution in [0.2, 0.25) is 0 Å². The van der Waals surface area contributed by atoms with E-state index >= 15 is 0 Å². The van der Waals surface area contributed by atoms with Crippen LogP contribution in [0.1, 0.15) is 12.8 Å². The minimum absolute atomic E-state index is 0.0613. The van der Waals surface area contributed by atoms with Gasteiger partial charge in [-0.3, -0.25) is 0 Å². The molecule has 0 radical (unpaired) electrons. The highest BCUT2D eigenvalue weighted by Crippen LogP contribution is 2.25. The quantitative estimate of drug-likeness (QED) is 0.877. The molecule has 0 aromatic carbocycles. The third kappa shape index (κ3) is 3.09. The predicted molar refractivity (Wildman–Crippen MR) is 68.3 cm³/mol. The van der Waals surface area contributed by atoms with Crippen LogP contribution in [0.4, 0.5) is 10.6 Å². The van der Waals surface area contributed by atoms with Crippen LogP contribution in [0.25, 0.3) is 0 Å². The molecule has 0 bridgehead atoms. The average Bonchev–Trinajstić information content (AvgIpc) is 2.30. The van der Waals surface area contributed by atoms with E-state index in [2.05, 4.69) is 31.1 Å². The molecule has 1 aromatic heterocycles. The van der Waals surface area contributed by atoms with Crippen molar-refractivity contribution in [1.82, 2.24) is 10.3 Å². The maximum Gasteiger partial charge on any atom is 0.404 e. The molecule has 0 aliphatic carbocycles. The van der Waals surface area contributed by atoms with E-state index in [1.165, 1.54) is 0 Å². The fraction of sp³-hybridized carbons (Fsp3) is 0.455. The second-order valence-corrected chi connectivity index (χ2v) is 4.87. The minimum Gasteiger partial charge on any atom is -0.465 e. The number of amides is 1. The van der Waals surface area contributed by atoms with Crippen molar-refractivity contribution in [2.45, 2.75) is 18.9 Å². The predicted octanol–water partition coefficient (Wildman–Crippen LogP) is 2.08. The lowest BCUT2D eigenvalue weighted by molar-refractivity contribution is 0.187. The summed E-state index contributed by atoms with van der Waals surface area (Å²) in [5.41, 5.74) is 0. The van der Waals surface area contributed by atoms with Gasteiger partial charge >= 0.3 is 6.09 Å². The van der Waals surface area contributed by atoms with Crippen molar-refractivity contribution in [3.05, 3.63) is 22.8 Å². The molecule has 0 saturated carbocycles. The highest BCUT2D eigenvalue weighted by atomic mass is 79.9.